The van der Waals surface area contributed by atoms with Crippen LogP contribution in [-0.2, 0) is 5.41 Å². The van der Waals surface area contributed by atoms with Crippen LogP contribution in [-0.4, -0.2) is 52.6 Å². The zero-order valence-corrected chi connectivity index (χ0v) is 14.6. The lowest BCUT2D eigenvalue weighted by Crippen LogP contribution is -2.68. The summed E-state index contributed by atoms with van der Waals surface area (Å²) in [6.07, 6.45) is 4.37. The summed E-state index contributed by atoms with van der Waals surface area (Å²) in [5, 5.41) is 22.2. The summed E-state index contributed by atoms with van der Waals surface area (Å²) in [6, 6.07) is 9.56. The SMILES string of the molecule is CC[C@@H]1CC[C@H]2[C@@H]3N(C)c4ccccc4[C@]34C[C@@H](C[C@H]4O)N2[C@H]1O. The van der Waals surface area contributed by atoms with E-state index < -0.39 is 0 Å². The Morgan fingerprint density at radius 1 is 1.21 bits per heavy atom. The van der Waals surface area contributed by atoms with Crippen molar-refractivity contribution in [1.82, 2.24) is 4.90 Å². The van der Waals surface area contributed by atoms with Crippen LogP contribution < -0.4 is 4.90 Å². The second-order valence-electron chi connectivity index (χ2n) is 8.40. The molecule has 2 saturated heterocycles. The number of para-hydroxylation sites is 1. The molecule has 0 amide bonds. The average molecular weight is 328 g/mol. The van der Waals surface area contributed by atoms with Gasteiger partial charge in [0, 0.05) is 30.2 Å². The van der Waals surface area contributed by atoms with Crippen molar-refractivity contribution in [3.8, 4) is 0 Å². The summed E-state index contributed by atoms with van der Waals surface area (Å²) in [6.45, 7) is 2.18. The van der Waals surface area contributed by atoms with Crippen LogP contribution in [0.25, 0.3) is 0 Å². The zero-order valence-electron chi connectivity index (χ0n) is 14.6. The van der Waals surface area contributed by atoms with Crippen molar-refractivity contribution < 1.29 is 10.2 Å². The molecule has 3 heterocycles. The molecular formula is C20H28N2O2. The third-order valence-corrected chi connectivity index (χ3v) is 7.65. The maximum atomic E-state index is 11.1. The lowest BCUT2D eigenvalue weighted by atomic mass is 9.66. The lowest BCUT2D eigenvalue weighted by molar-refractivity contribution is -0.137. The number of anilines is 1. The third kappa shape index (κ3) is 1.60. The Bertz CT molecular complexity index is 665. The van der Waals surface area contributed by atoms with Crippen LogP contribution in [0.15, 0.2) is 24.3 Å². The fraction of sp³-hybridized carbons (Fsp3) is 0.700. The van der Waals surface area contributed by atoms with E-state index in [0.29, 0.717) is 18.0 Å². The molecule has 1 aliphatic carbocycles. The minimum atomic E-state index is -0.348. The Morgan fingerprint density at radius 2 is 2.00 bits per heavy atom. The van der Waals surface area contributed by atoms with E-state index in [0.717, 1.165) is 32.1 Å². The van der Waals surface area contributed by atoms with Crippen LogP contribution in [0.1, 0.15) is 44.6 Å². The van der Waals surface area contributed by atoms with E-state index in [1.165, 1.54) is 11.3 Å². The van der Waals surface area contributed by atoms with Gasteiger partial charge >= 0.3 is 0 Å². The highest BCUT2D eigenvalue weighted by molar-refractivity contribution is 5.66. The minimum absolute atomic E-state index is 0.143. The van der Waals surface area contributed by atoms with E-state index in [9.17, 15) is 10.2 Å². The number of rotatable bonds is 1. The molecule has 4 aliphatic rings. The van der Waals surface area contributed by atoms with E-state index in [-0.39, 0.29) is 23.8 Å². The highest BCUT2D eigenvalue weighted by Crippen LogP contribution is 2.60. The van der Waals surface area contributed by atoms with Crippen LogP contribution in [0.4, 0.5) is 5.69 Å². The van der Waals surface area contributed by atoms with Gasteiger partial charge < -0.3 is 15.1 Å². The Kier molecular flexibility index (Phi) is 3.14. The fourth-order valence-electron chi connectivity index (χ4n) is 6.69. The van der Waals surface area contributed by atoms with Gasteiger partial charge in [0.1, 0.15) is 6.23 Å². The van der Waals surface area contributed by atoms with Crippen LogP contribution in [0.2, 0.25) is 0 Å². The summed E-state index contributed by atoms with van der Waals surface area (Å²) in [5.74, 6) is 0.376. The number of likely N-dealkylation sites (N-methyl/N-ethyl adjacent to an activating group) is 1. The maximum absolute atomic E-state index is 11.1. The molecule has 1 aromatic carbocycles. The molecule has 1 saturated carbocycles. The van der Waals surface area contributed by atoms with Gasteiger partial charge in [-0.25, -0.2) is 0 Å². The largest absolute Gasteiger partial charge is 0.392 e. The molecule has 2 bridgehead atoms. The first kappa shape index (κ1) is 15.2. The molecule has 5 rings (SSSR count). The van der Waals surface area contributed by atoms with Crippen LogP contribution >= 0.6 is 0 Å². The van der Waals surface area contributed by atoms with Gasteiger partial charge in [0.2, 0.25) is 0 Å². The van der Waals surface area contributed by atoms with Crippen molar-refractivity contribution >= 4 is 5.69 Å². The summed E-state index contributed by atoms with van der Waals surface area (Å²) < 4.78 is 0. The van der Waals surface area contributed by atoms with Crippen LogP contribution in [0, 0.1) is 5.92 Å². The molecule has 2 N–H and O–H groups in total. The molecule has 0 aromatic heterocycles. The number of piperidine rings is 2. The van der Waals surface area contributed by atoms with Crippen molar-refractivity contribution in [2.24, 2.45) is 5.92 Å². The first-order valence-corrected chi connectivity index (χ1v) is 9.55. The summed E-state index contributed by atoms with van der Waals surface area (Å²) >= 11 is 0. The number of aliphatic hydroxyl groups excluding tert-OH is 2. The quantitative estimate of drug-likeness (QED) is 0.829. The number of fused-ring (bicyclic) bond motifs is 5. The van der Waals surface area contributed by atoms with Gasteiger partial charge in [-0.2, -0.15) is 0 Å². The standard InChI is InChI=1S/C20H28N2O2/c1-3-12-8-9-16-18-20(14-6-4-5-7-15(14)21(18)2)11-13(10-17(20)23)22(16)19(12)24/h4-7,12-13,16-19,23-24H,3,8-11H2,1-2H3/t12-,13-,16+,17-,18+,19+,20+/m1/s1. The Morgan fingerprint density at radius 3 is 2.79 bits per heavy atom. The molecule has 0 unspecified atom stereocenters. The molecule has 1 aromatic rings. The van der Waals surface area contributed by atoms with Crippen LogP contribution in [0.3, 0.4) is 0 Å². The Balaban J connectivity index is 1.65. The summed E-state index contributed by atoms with van der Waals surface area (Å²) in [7, 11) is 2.18. The average Bonchev–Trinajstić information content (AvgIpc) is 3.02. The van der Waals surface area contributed by atoms with Gasteiger partial charge in [-0.15, -0.1) is 0 Å². The summed E-state index contributed by atoms with van der Waals surface area (Å²) in [4.78, 5) is 4.79. The van der Waals surface area contributed by atoms with Gasteiger partial charge in [0.15, 0.2) is 0 Å². The highest BCUT2D eigenvalue weighted by atomic mass is 16.3. The van der Waals surface area contributed by atoms with E-state index in [2.05, 4.69) is 48.0 Å². The molecule has 3 fully saturated rings. The number of hydrogen-bond donors (Lipinski definition) is 2. The molecule has 4 heteroatoms. The predicted octanol–water partition coefficient (Wildman–Crippen LogP) is 2.09. The Hall–Kier alpha value is -1.10. The van der Waals surface area contributed by atoms with Crippen molar-refractivity contribution in [3.63, 3.8) is 0 Å². The van der Waals surface area contributed by atoms with Crippen molar-refractivity contribution in [2.45, 2.75) is 74.9 Å². The Labute approximate surface area is 144 Å². The molecular weight excluding hydrogens is 300 g/mol. The second-order valence-corrected chi connectivity index (χ2v) is 8.40. The molecule has 4 nitrogen and oxygen atoms in total. The monoisotopic (exact) mass is 328 g/mol. The van der Waals surface area contributed by atoms with Gasteiger partial charge in [0.25, 0.3) is 0 Å². The van der Waals surface area contributed by atoms with Gasteiger partial charge in [0.05, 0.1) is 12.1 Å². The van der Waals surface area contributed by atoms with E-state index in [1.807, 2.05) is 0 Å². The molecule has 7 atom stereocenters. The zero-order chi connectivity index (χ0) is 16.6. The van der Waals surface area contributed by atoms with Gasteiger partial charge in [-0.1, -0.05) is 25.1 Å². The number of aliphatic hydroxyl groups is 2. The topological polar surface area (TPSA) is 46.9 Å². The van der Waals surface area contributed by atoms with Crippen LogP contribution in [0.5, 0.6) is 0 Å². The lowest BCUT2D eigenvalue weighted by Gasteiger charge is -2.56. The van der Waals surface area contributed by atoms with E-state index in [4.69, 9.17) is 0 Å². The number of benzene rings is 1. The van der Waals surface area contributed by atoms with E-state index in [1.54, 1.807) is 0 Å². The summed E-state index contributed by atoms with van der Waals surface area (Å²) in [5.41, 5.74) is 2.46. The van der Waals surface area contributed by atoms with Crippen molar-refractivity contribution in [1.29, 1.82) is 0 Å². The van der Waals surface area contributed by atoms with E-state index >= 15 is 0 Å². The molecule has 0 radical (unpaired) electrons. The third-order valence-electron chi connectivity index (χ3n) is 7.65. The first-order valence-electron chi connectivity index (χ1n) is 9.55. The van der Waals surface area contributed by atoms with Gasteiger partial charge in [-0.3, -0.25) is 4.90 Å². The molecule has 3 aliphatic heterocycles. The second kappa shape index (κ2) is 4.96. The fourth-order valence-corrected chi connectivity index (χ4v) is 6.69. The number of nitrogens with zero attached hydrogens (tertiary/aromatic N) is 2. The predicted molar refractivity (Wildman–Crippen MR) is 94.0 cm³/mol. The smallest absolute Gasteiger partial charge is 0.110 e. The van der Waals surface area contributed by atoms with Gasteiger partial charge in [-0.05, 0) is 49.7 Å². The number of hydrogen-bond acceptors (Lipinski definition) is 4. The maximum Gasteiger partial charge on any atom is 0.110 e. The first-order chi connectivity index (χ1) is 11.6. The molecule has 130 valence electrons. The highest BCUT2D eigenvalue weighted by Gasteiger charge is 2.67. The minimum Gasteiger partial charge on any atom is -0.392 e. The van der Waals surface area contributed by atoms with Crippen molar-refractivity contribution in [3.05, 3.63) is 29.8 Å². The molecule has 24 heavy (non-hydrogen) atoms. The molecule has 1 spiro atoms. The normalized spacial score (nSPS) is 46.6. The van der Waals surface area contributed by atoms with Crippen molar-refractivity contribution in [2.75, 3.05) is 11.9 Å².